The second kappa shape index (κ2) is 7.02. The first-order chi connectivity index (χ1) is 11.1. The molecule has 0 saturated carbocycles. The number of thioether (sulfide) groups is 1. The summed E-state index contributed by atoms with van der Waals surface area (Å²) in [5, 5.41) is 11.1. The Morgan fingerprint density at radius 3 is 2.74 bits per heavy atom. The minimum atomic E-state index is -0.372. The molecule has 3 rings (SSSR count). The van der Waals surface area contributed by atoms with Crippen molar-refractivity contribution in [3.05, 3.63) is 68.8 Å². The average Bonchev–Trinajstić information content (AvgIpc) is 2.56. The Morgan fingerprint density at radius 1 is 1.22 bits per heavy atom. The Morgan fingerprint density at radius 2 is 2.00 bits per heavy atom. The van der Waals surface area contributed by atoms with E-state index in [1.165, 1.54) is 17.2 Å². The van der Waals surface area contributed by atoms with Crippen LogP contribution in [0.3, 0.4) is 0 Å². The van der Waals surface area contributed by atoms with Crippen LogP contribution in [0.1, 0.15) is 22.3 Å². The first-order valence-corrected chi connectivity index (χ1v) is 8.43. The van der Waals surface area contributed by atoms with E-state index in [4.69, 9.17) is 9.47 Å². The molecule has 1 heterocycles. The monoisotopic (exact) mass is 331 g/mol. The summed E-state index contributed by atoms with van der Waals surface area (Å²) in [6, 6.07) is 11.5. The lowest BCUT2D eigenvalue weighted by molar-refractivity contribution is -0.385. The van der Waals surface area contributed by atoms with Gasteiger partial charge in [0.2, 0.25) is 0 Å². The van der Waals surface area contributed by atoms with Crippen molar-refractivity contribution < 1.29 is 14.4 Å². The maximum atomic E-state index is 11.1. The van der Waals surface area contributed by atoms with Crippen LogP contribution < -0.4 is 4.74 Å². The molecule has 0 aliphatic carbocycles. The molecule has 0 amide bonds. The zero-order valence-electron chi connectivity index (χ0n) is 12.8. The van der Waals surface area contributed by atoms with Crippen molar-refractivity contribution in [3.8, 4) is 5.75 Å². The number of nitro groups is 1. The largest absolute Gasteiger partial charge is 0.467 e. The van der Waals surface area contributed by atoms with Gasteiger partial charge in [-0.2, -0.15) is 11.8 Å². The molecule has 1 aliphatic heterocycles. The lowest BCUT2D eigenvalue weighted by Gasteiger charge is -2.20. The molecule has 0 fully saturated rings. The molecule has 0 saturated heterocycles. The summed E-state index contributed by atoms with van der Waals surface area (Å²) in [6.07, 6.45) is 0. The summed E-state index contributed by atoms with van der Waals surface area (Å²) in [6.45, 7) is 2.61. The van der Waals surface area contributed by atoms with Gasteiger partial charge in [0.05, 0.1) is 11.5 Å². The van der Waals surface area contributed by atoms with Crippen molar-refractivity contribution in [2.75, 3.05) is 6.79 Å². The van der Waals surface area contributed by atoms with Gasteiger partial charge in [0.15, 0.2) is 6.79 Å². The van der Waals surface area contributed by atoms with Gasteiger partial charge in [0, 0.05) is 34.8 Å². The van der Waals surface area contributed by atoms with Crippen LogP contribution in [-0.2, 0) is 22.8 Å². The van der Waals surface area contributed by atoms with E-state index in [2.05, 4.69) is 31.2 Å². The van der Waals surface area contributed by atoms with Crippen LogP contribution in [0.15, 0.2) is 36.4 Å². The Bertz CT molecular complexity index is 715. The number of fused-ring (bicyclic) bond motifs is 1. The van der Waals surface area contributed by atoms with Crippen LogP contribution in [0.4, 0.5) is 5.69 Å². The predicted molar refractivity (Wildman–Crippen MR) is 89.6 cm³/mol. The topological polar surface area (TPSA) is 61.6 Å². The molecule has 0 bridgehead atoms. The first kappa shape index (κ1) is 15.8. The van der Waals surface area contributed by atoms with E-state index in [0.29, 0.717) is 12.4 Å². The Kier molecular flexibility index (Phi) is 4.83. The van der Waals surface area contributed by atoms with Crippen LogP contribution in [-0.4, -0.2) is 11.7 Å². The van der Waals surface area contributed by atoms with Crippen molar-refractivity contribution in [1.29, 1.82) is 0 Å². The maximum Gasteiger partial charge on any atom is 0.270 e. The lowest BCUT2D eigenvalue weighted by atomic mass is 10.1. The number of rotatable bonds is 5. The smallest absolute Gasteiger partial charge is 0.270 e. The summed E-state index contributed by atoms with van der Waals surface area (Å²) in [7, 11) is 0. The Labute approximate surface area is 138 Å². The molecule has 0 radical (unpaired) electrons. The van der Waals surface area contributed by atoms with Gasteiger partial charge >= 0.3 is 0 Å². The number of hydrogen-bond acceptors (Lipinski definition) is 5. The average molecular weight is 331 g/mol. The van der Waals surface area contributed by atoms with Gasteiger partial charge in [-0.3, -0.25) is 10.1 Å². The van der Waals surface area contributed by atoms with E-state index in [9.17, 15) is 10.1 Å². The number of benzene rings is 2. The van der Waals surface area contributed by atoms with Crippen LogP contribution >= 0.6 is 11.8 Å². The van der Waals surface area contributed by atoms with Crippen molar-refractivity contribution >= 4 is 17.4 Å². The number of ether oxygens (including phenoxy) is 2. The Hall–Kier alpha value is -2.05. The van der Waals surface area contributed by atoms with E-state index in [1.54, 1.807) is 17.8 Å². The standard InChI is InChI=1S/C17H17NO4S/c1-12-2-4-13(5-3-12)9-23-10-15-7-16(18(19)20)6-14-8-21-11-22-17(14)15/h2-7H,8-11H2,1H3. The van der Waals surface area contributed by atoms with Crippen molar-refractivity contribution in [2.24, 2.45) is 0 Å². The second-order valence-electron chi connectivity index (χ2n) is 5.44. The highest BCUT2D eigenvalue weighted by Gasteiger charge is 2.20. The molecule has 120 valence electrons. The maximum absolute atomic E-state index is 11.1. The molecule has 5 nitrogen and oxygen atoms in total. The van der Waals surface area contributed by atoms with E-state index >= 15 is 0 Å². The van der Waals surface area contributed by atoms with Gasteiger partial charge in [-0.15, -0.1) is 0 Å². The molecule has 2 aromatic rings. The molecule has 0 N–H and O–H groups in total. The highest BCUT2D eigenvalue weighted by atomic mass is 32.2. The summed E-state index contributed by atoms with van der Waals surface area (Å²) >= 11 is 1.72. The minimum absolute atomic E-state index is 0.0868. The van der Waals surface area contributed by atoms with E-state index in [1.807, 2.05) is 0 Å². The highest BCUT2D eigenvalue weighted by Crippen LogP contribution is 2.35. The van der Waals surface area contributed by atoms with E-state index < -0.39 is 0 Å². The molecule has 6 heteroatoms. The molecule has 0 aromatic heterocycles. The van der Waals surface area contributed by atoms with Gasteiger partial charge in [-0.1, -0.05) is 29.8 Å². The number of hydrogen-bond donors (Lipinski definition) is 0. The van der Waals surface area contributed by atoms with Crippen LogP contribution in [0.25, 0.3) is 0 Å². The Balaban J connectivity index is 1.74. The molecular weight excluding hydrogens is 314 g/mol. The zero-order chi connectivity index (χ0) is 16.2. The fourth-order valence-electron chi connectivity index (χ4n) is 2.46. The molecule has 0 atom stereocenters. The number of nitro benzene ring substituents is 1. The molecule has 23 heavy (non-hydrogen) atoms. The van der Waals surface area contributed by atoms with Crippen LogP contribution in [0.2, 0.25) is 0 Å². The van der Waals surface area contributed by atoms with Crippen molar-refractivity contribution in [1.82, 2.24) is 0 Å². The zero-order valence-corrected chi connectivity index (χ0v) is 13.6. The van der Waals surface area contributed by atoms with Gasteiger partial charge in [0.25, 0.3) is 5.69 Å². The van der Waals surface area contributed by atoms with Gasteiger partial charge in [-0.25, -0.2) is 0 Å². The number of non-ortho nitro benzene ring substituents is 1. The van der Waals surface area contributed by atoms with E-state index in [-0.39, 0.29) is 17.4 Å². The third-order valence-electron chi connectivity index (χ3n) is 3.63. The highest BCUT2D eigenvalue weighted by molar-refractivity contribution is 7.97. The fraction of sp³-hybridized carbons (Fsp3) is 0.294. The van der Waals surface area contributed by atoms with Gasteiger partial charge in [0.1, 0.15) is 5.75 Å². The first-order valence-electron chi connectivity index (χ1n) is 7.27. The summed E-state index contributed by atoms with van der Waals surface area (Å²) in [5.74, 6) is 2.25. The predicted octanol–water partition coefficient (Wildman–Crippen LogP) is 4.20. The molecule has 0 unspecified atom stereocenters. The molecule has 0 spiro atoms. The third-order valence-corrected chi connectivity index (χ3v) is 4.68. The van der Waals surface area contributed by atoms with Crippen molar-refractivity contribution in [3.63, 3.8) is 0 Å². The van der Waals surface area contributed by atoms with Crippen LogP contribution in [0, 0.1) is 17.0 Å². The van der Waals surface area contributed by atoms with Gasteiger partial charge in [-0.05, 0) is 12.5 Å². The lowest BCUT2D eigenvalue weighted by Crippen LogP contribution is -2.13. The second-order valence-corrected chi connectivity index (χ2v) is 6.42. The van der Waals surface area contributed by atoms with Gasteiger partial charge < -0.3 is 9.47 Å². The molecule has 1 aliphatic rings. The summed E-state index contributed by atoms with van der Waals surface area (Å²) < 4.78 is 10.8. The SMILES string of the molecule is Cc1ccc(CSCc2cc([N+](=O)[O-])cc3c2OCOC3)cc1. The van der Waals surface area contributed by atoms with E-state index in [0.717, 1.165) is 22.6 Å². The summed E-state index contributed by atoms with van der Waals surface area (Å²) in [4.78, 5) is 10.7. The fourth-order valence-corrected chi connectivity index (χ4v) is 3.42. The number of nitrogens with zero attached hydrogens (tertiary/aromatic N) is 1. The molecule has 2 aromatic carbocycles. The van der Waals surface area contributed by atoms with Crippen molar-refractivity contribution in [2.45, 2.75) is 25.0 Å². The number of aryl methyl sites for hydroxylation is 1. The van der Waals surface area contributed by atoms with Crippen LogP contribution in [0.5, 0.6) is 5.75 Å². The molecular formula is C17H17NO4S. The quantitative estimate of drug-likeness (QED) is 0.607. The summed E-state index contributed by atoms with van der Waals surface area (Å²) in [5.41, 5.74) is 4.17. The minimum Gasteiger partial charge on any atom is -0.467 e. The normalized spacial score (nSPS) is 13.3. The third kappa shape index (κ3) is 3.83.